The zero-order chi connectivity index (χ0) is 10.4. The third-order valence-electron chi connectivity index (χ3n) is 2.02. The molecule has 1 atom stereocenters. The molecule has 1 amide bonds. The summed E-state index contributed by atoms with van der Waals surface area (Å²) in [5, 5.41) is 11.8. The van der Waals surface area contributed by atoms with E-state index in [1.807, 2.05) is 27.7 Å². The van der Waals surface area contributed by atoms with Crippen LogP contribution in [-0.4, -0.2) is 24.2 Å². The number of carbonyl (C=O) groups is 1. The molecular weight excluding hydrogens is 166 g/mol. The summed E-state index contributed by atoms with van der Waals surface area (Å²) in [6.45, 7) is 8.59. The number of amides is 1. The van der Waals surface area contributed by atoms with E-state index in [-0.39, 0.29) is 24.3 Å². The van der Waals surface area contributed by atoms with Gasteiger partial charge >= 0.3 is 0 Å². The summed E-state index contributed by atoms with van der Waals surface area (Å²) in [6.07, 6.45) is 0. The summed E-state index contributed by atoms with van der Waals surface area (Å²) in [5.74, 6) is 0.345. The second kappa shape index (κ2) is 5.97. The molecule has 0 aromatic rings. The van der Waals surface area contributed by atoms with Gasteiger partial charge in [0.05, 0.1) is 12.5 Å². The van der Waals surface area contributed by atoms with Crippen LogP contribution in [0.4, 0.5) is 0 Å². The second-order valence-corrected chi connectivity index (χ2v) is 4.17. The first kappa shape index (κ1) is 12.4. The molecule has 0 saturated heterocycles. The molecule has 2 N–H and O–H groups in total. The van der Waals surface area contributed by atoms with Crippen molar-refractivity contribution in [2.75, 3.05) is 13.2 Å². The van der Waals surface area contributed by atoms with Crippen LogP contribution in [0.5, 0.6) is 0 Å². The van der Waals surface area contributed by atoms with Gasteiger partial charge in [-0.15, -0.1) is 0 Å². The highest BCUT2D eigenvalue weighted by molar-refractivity contribution is 5.78. The molecule has 0 radical (unpaired) electrons. The lowest BCUT2D eigenvalue weighted by Gasteiger charge is -2.18. The van der Waals surface area contributed by atoms with Gasteiger partial charge in [0.1, 0.15) is 0 Å². The SMILES string of the molecule is CC(C)CNC(=O)[C@@H](CO)C(C)C. The van der Waals surface area contributed by atoms with Crippen molar-refractivity contribution in [3.05, 3.63) is 0 Å². The molecule has 0 spiro atoms. The quantitative estimate of drug-likeness (QED) is 0.675. The smallest absolute Gasteiger partial charge is 0.225 e. The van der Waals surface area contributed by atoms with Gasteiger partial charge in [-0.3, -0.25) is 4.79 Å². The molecule has 0 saturated carbocycles. The van der Waals surface area contributed by atoms with Gasteiger partial charge in [0.25, 0.3) is 0 Å². The third kappa shape index (κ3) is 4.88. The Kier molecular flexibility index (Phi) is 5.71. The number of hydrogen-bond donors (Lipinski definition) is 2. The minimum atomic E-state index is -0.265. The molecule has 78 valence electrons. The van der Waals surface area contributed by atoms with E-state index in [1.165, 1.54) is 0 Å². The molecule has 0 unspecified atom stereocenters. The maximum Gasteiger partial charge on any atom is 0.225 e. The summed E-state index contributed by atoms with van der Waals surface area (Å²) in [6, 6.07) is 0. The van der Waals surface area contributed by atoms with Gasteiger partial charge in [-0.05, 0) is 11.8 Å². The number of aliphatic hydroxyl groups is 1. The van der Waals surface area contributed by atoms with Crippen LogP contribution in [-0.2, 0) is 4.79 Å². The zero-order valence-corrected chi connectivity index (χ0v) is 9.00. The summed E-state index contributed by atoms with van der Waals surface area (Å²) < 4.78 is 0. The predicted octanol–water partition coefficient (Wildman–Crippen LogP) is 1.02. The summed E-state index contributed by atoms with van der Waals surface area (Å²) >= 11 is 0. The predicted molar refractivity (Wildman–Crippen MR) is 53.3 cm³/mol. The van der Waals surface area contributed by atoms with E-state index < -0.39 is 0 Å². The van der Waals surface area contributed by atoms with Crippen LogP contribution in [0.25, 0.3) is 0 Å². The zero-order valence-electron chi connectivity index (χ0n) is 9.00. The average Bonchev–Trinajstić information content (AvgIpc) is 2.01. The van der Waals surface area contributed by atoms with Crippen molar-refractivity contribution in [2.45, 2.75) is 27.7 Å². The lowest BCUT2D eigenvalue weighted by Crippen LogP contribution is -2.37. The molecule has 0 bridgehead atoms. The molecule has 0 fully saturated rings. The van der Waals surface area contributed by atoms with Crippen molar-refractivity contribution in [1.82, 2.24) is 5.32 Å². The highest BCUT2D eigenvalue weighted by Gasteiger charge is 2.20. The molecule has 3 heteroatoms. The van der Waals surface area contributed by atoms with Gasteiger partial charge in [-0.25, -0.2) is 0 Å². The standard InChI is InChI=1S/C10H21NO2/c1-7(2)5-11-10(13)9(6-12)8(3)4/h7-9,12H,5-6H2,1-4H3,(H,11,13)/t9-/m0/s1. The van der Waals surface area contributed by atoms with Gasteiger partial charge < -0.3 is 10.4 Å². The fourth-order valence-electron chi connectivity index (χ4n) is 1.03. The topological polar surface area (TPSA) is 49.3 Å². The first-order valence-corrected chi connectivity index (χ1v) is 4.87. The number of nitrogens with one attached hydrogen (secondary N) is 1. The largest absolute Gasteiger partial charge is 0.396 e. The van der Waals surface area contributed by atoms with E-state index in [0.29, 0.717) is 12.5 Å². The van der Waals surface area contributed by atoms with E-state index in [4.69, 9.17) is 5.11 Å². The molecule has 0 aliphatic heterocycles. The molecule has 13 heavy (non-hydrogen) atoms. The summed E-state index contributed by atoms with van der Waals surface area (Å²) in [7, 11) is 0. The highest BCUT2D eigenvalue weighted by Crippen LogP contribution is 2.09. The Labute approximate surface area is 80.5 Å². The molecule has 0 aliphatic carbocycles. The van der Waals surface area contributed by atoms with Crippen molar-refractivity contribution < 1.29 is 9.90 Å². The summed E-state index contributed by atoms with van der Waals surface area (Å²) in [4.78, 5) is 11.4. The van der Waals surface area contributed by atoms with E-state index in [9.17, 15) is 4.79 Å². The molecule has 0 heterocycles. The van der Waals surface area contributed by atoms with Crippen molar-refractivity contribution in [3.8, 4) is 0 Å². The monoisotopic (exact) mass is 187 g/mol. The van der Waals surface area contributed by atoms with Crippen molar-refractivity contribution >= 4 is 5.91 Å². The maximum absolute atomic E-state index is 11.4. The van der Waals surface area contributed by atoms with Crippen LogP contribution in [0, 0.1) is 17.8 Å². The maximum atomic E-state index is 11.4. The van der Waals surface area contributed by atoms with Crippen LogP contribution in [0.2, 0.25) is 0 Å². The number of rotatable bonds is 5. The molecule has 0 aromatic carbocycles. The van der Waals surface area contributed by atoms with Crippen LogP contribution >= 0.6 is 0 Å². The normalized spacial score (nSPS) is 13.5. The minimum Gasteiger partial charge on any atom is -0.396 e. The van der Waals surface area contributed by atoms with Gasteiger partial charge in [-0.2, -0.15) is 0 Å². The van der Waals surface area contributed by atoms with E-state index in [1.54, 1.807) is 0 Å². The van der Waals surface area contributed by atoms with E-state index in [2.05, 4.69) is 5.32 Å². The first-order valence-electron chi connectivity index (χ1n) is 4.87. The third-order valence-corrected chi connectivity index (χ3v) is 2.02. The van der Waals surface area contributed by atoms with Crippen molar-refractivity contribution in [3.63, 3.8) is 0 Å². The molecule has 0 aromatic heterocycles. The fourth-order valence-corrected chi connectivity index (χ4v) is 1.03. The number of carbonyl (C=O) groups excluding carboxylic acids is 1. The fraction of sp³-hybridized carbons (Fsp3) is 0.900. The van der Waals surface area contributed by atoms with Gasteiger partial charge in [0, 0.05) is 6.54 Å². The van der Waals surface area contributed by atoms with Crippen LogP contribution < -0.4 is 5.32 Å². The lowest BCUT2D eigenvalue weighted by atomic mass is 9.96. The van der Waals surface area contributed by atoms with Crippen LogP contribution in [0.1, 0.15) is 27.7 Å². The van der Waals surface area contributed by atoms with Crippen LogP contribution in [0.3, 0.4) is 0 Å². The molecular formula is C10H21NO2. The van der Waals surface area contributed by atoms with E-state index in [0.717, 1.165) is 0 Å². The van der Waals surface area contributed by atoms with Crippen molar-refractivity contribution in [1.29, 1.82) is 0 Å². The second-order valence-electron chi connectivity index (χ2n) is 4.17. The molecule has 0 rings (SSSR count). The number of aliphatic hydroxyl groups excluding tert-OH is 1. The van der Waals surface area contributed by atoms with E-state index >= 15 is 0 Å². The van der Waals surface area contributed by atoms with Gasteiger partial charge in [0.15, 0.2) is 0 Å². The van der Waals surface area contributed by atoms with Gasteiger partial charge in [-0.1, -0.05) is 27.7 Å². The Bertz CT molecular complexity index is 155. The first-order chi connectivity index (χ1) is 5.99. The average molecular weight is 187 g/mol. The van der Waals surface area contributed by atoms with Crippen LogP contribution in [0.15, 0.2) is 0 Å². The Morgan fingerprint density at radius 2 is 1.85 bits per heavy atom. The van der Waals surface area contributed by atoms with Crippen molar-refractivity contribution in [2.24, 2.45) is 17.8 Å². The Morgan fingerprint density at radius 1 is 1.31 bits per heavy atom. The Morgan fingerprint density at radius 3 is 2.15 bits per heavy atom. The number of hydrogen-bond acceptors (Lipinski definition) is 2. The molecule has 3 nitrogen and oxygen atoms in total. The molecule has 0 aliphatic rings. The Balaban J connectivity index is 3.92. The minimum absolute atomic E-state index is 0.0359. The highest BCUT2D eigenvalue weighted by atomic mass is 16.3. The summed E-state index contributed by atoms with van der Waals surface area (Å²) in [5.41, 5.74) is 0. The lowest BCUT2D eigenvalue weighted by molar-refractivity contribution is -0.127. The van der Waals surface area contributed by atoms with Gasteiger partial charge in [0.2, 0.25) is 5.91 Å². The Hall–Kier alpha value is -0.570.